The number of ether oxygens (including phenoxy) is 1. The van der Waals surface area contributed by atoms with Crippen LogP contribution in [0.4, 0.5) is 34.6 Å². The van der Waals surface area contributed by atoms with Crippen LogP contribution in [-0.2, 0) is 0 Å². The Kier molecular flexibility index (Phi) is 9.99. The Balaban J connectivity index is 1.25. The Morgan fingerprint density at radius 2 is 1.21 bits per heavy atom. The molecule has 0 radical (unpaired) electrons. The lowest BCUT2D eigenvalue weighted by atomic mass is 10.2. The molecule has 2 aromatic carbocycles. The topological polar surface area (TPSA) is 282 Å². The number of rotatable bonds is 13. The number of nitrogen functional groups attached to an aromatic ring is 2. The van der Waals surface area contributed by atoms with Crippen LogP contribution in [0.5, 0.6) is 6.01 Å². The van der Waals surface area contributed by atoms with Crippen LogP contribution in [0.25, 0.3) is 23.3 Å². The van der Waals surface area contributed by atoms with Crippen LogP contribution in [0.3, 0.4) is 0 Å². The SMILES string of the molecule is COc1nc(-n2cc(C)c(/N=N/c3c(C(=O)CO)cnn3-c3ccccc3)c2N)nc(-n2nc(C)c(/N=N/c3c(C(=O)CO)cnn3-c3ccccc3)c2N)n1. The highest BCUT2D eigenvalue weighted by Gasteiger charge is 2.23. The number of Topliss-reactive ketones (excluding diaryl/α,β-unsaturated/α-hetero) is 2. The summed E-state index contributed by atoms with van der Waals surface area (Å²) in [5.74, 6) is -1.03. The number of anilines is 2. The van der Waals surface area contributed by atoms with E-state index in [1.54, 1.807) is 68.6 Å². The summed E-state index contributed by atoms with van der Waals surface area (Å²) < 4.78 is 10.9. The molecule has 5 heterocycles. The molecule has 7 rings (SSSR count). The summed E-state index contributed by atoms with van der Waals surface area (Å²) >= 11 is 0. The number of ketones is 2. The van der Waals surface area contributed by atoms with E-state index in [1.807, 2.05) is 12.1 Å². The summed E-state index contributed by atoms with van der Waals surface area (Å²) in [5.41, 5.74) is 15.7. The molecule has 5 aromatic heterocycles. The van der Waals surface area contributed by atoms with Gasteiger partial charge in [-0.15, -0.1) is 20.5 Å². The summed E-state index contributed by atoms with van der Waals surface area (Å²) in [5, 5.41) is 49.6. The van der Waals surface area contributed by atoms with Gasteiger partial charge in [-0.1, -0.05) is 36.4 Å². The largest absolute Gasteiger partial charge is 0.467 e. The molecule has 0 spiro atoms. The highest BCUT2D eigenvalue weighted by molar-refractivity contribution is 6.01. The van der Waals surface area contributed by atoms with Crippen LogP contribution < -0.4 is 16.2 Å². The molecule has 56 heavy (non-hydrogen) atoms. The molecule has 282 valence electrons. The van der Waals surface area contributed by atoms with Crippen molar-refractivity contribution in [3.05, 3.63) is 102 Å². The monoisotopic (exact) mass is 756 g/mol. The number of benzene rings is 2. The van der Waals surface area contributed by atoms with Crippen molar-refractivity contribution < 1.29 is 24.5 Å². The van der Waals surface area contributed by atoms with Crippen LogP contribution in [0.1, 0.15) is 32.0 Å². The highest BCUT2D eigenvalue weighted by Crippen LogP contribution is 2.35. The Bertz CT molecular complexity index is 2460. The molecule has 0 atom stereocenters. The Hall–Kier alpha value is -7.78. The maximum absolute atomic E-state index is 12.6. The molecule has 0 fully saturated rings. The third kappa shape index (κ3) is 6.76. The maximum atomic E-state index is 12.6. The predicted molar refractivity (Wildman–Crippen MR) is 199 cm³/mol. The minimum atomic E-state index is -0.756. The average molecular weight is 757 g/mol. The molecular formula is C35H32N16O5. The maximum Gasteiger partial charge on any atom is 0.322 e. The molecule has 0 aliphatic heterocycles. The zero-order chi connectivity index (χ0) is 39.5. The van der Waals surface area contributed by atoms with Gasteiger partial charge in [-0.2, -0.15) is 34.9 Å². The summed E-state index contributed by atoms with van der Waals surface area (Å²) in [4.78, 5) is 38.4. The van der Waals surface area contributed by atoms with E-state index in [0.717, 1.165) is 0 Å². The first-order chi connectivity index (χ1) is 27.1. The van der Waals surface area contributed by atoms with Crippen LogP contribution in [0, 0.1) is 13.8 Å². The van der Waals surface area contributed by atoms with Gasteiger partial charge in [0.2, 0.25) is 5.95 Å². The van der Waals surface area contributed by atoms with Crippen LogP contribution in [0.15, 0.2) is 99.7 Å². The predicted octanol–water partition coefficient (Wildman–Crippen LogP) is 4.19. The molecule has 0 aliphatic rings. The van der Waals surface area contributed by atoms with E-state index in [4.69, 9.17) is 16.2 Å². The van der Waals surface area contributed by atoms with Crippen molar-refractivity contribution in [2.45, 2.75) is 13.8 Å². The van der Waals surface area contributed by atoms with Crippen molar-refractivity contribution in [3.63, 3.8) is 0 Å². The Morgan fingerprint density at radius 3 is 1.73 bits per heavy atom. The fraction of sp³-hybridized carbons (Fsp3) is 0.143. The first-order valence-corrected chi connectivity index (χ1v) is 16.6. The van der Waals surface area contributed by atoms with Gasteiger partial charge in [0.15, 0.2) is 34.7 Å². The normalized spacial score (nSPS) is 11.6. The Labute approximate surface area is 316 Å². The van der Waals surface area contributed by atoms with Gasteiger partial charge in [0, 0.05) is 6.20 Å². The van der Waals surface area contributed by atoms with E-state index in [-0.39, 0.29) is 63.7 Å². The number of aliphatic hydroxyl groups is 2. The van der Waals surface area contributed by atoms with Gasteiger partial charge in [0.05, 0.1) is 47.7 Å². The molecule has 7 aromatic rings. The number of nitrogens with zero attached hydrogens (tertiary/aromatic N) is 14. The average Bonchev–Trinajstić information content (AvgIpc) is 3.99. The van der Waals surface area contributed by atoms with E-state index in [2.05, 4.69) is 50.7 Å². The van der Waals surface area contributed by atoms with Gasteiger partial charge in [-0.05, 0) is 43.7 Å². The summed E-state index contributed by atoms with van der Waals surface area (Å²) in [6.45, 7) is 1.88. The van der Waals surface area contributed by atoms with E-state index in [1.165, 1.54) is 38.1 Å². The number of methoxy groups -OCH3 is 1. The second-order valence-corrected chi connectivity index (χ2v) is 11.9. The second-order valence-electron chi connectivity index (χ2n) is 11.9. The first-order valence-electron chi connectivity index (χ1n) is 16.6. The van der Waals surface area contributed by atoms with Gasteiger partial charge in [0.1, 0.15) is 24.7 Å². The van der Waals surface area contributed by atoms with Crippen molar-refractivity contribution in [2.75, 3.05) is 31.8 Å². The number of hydrogen-bond acceptors (Lipinski definition) is 17. The molecule has 0 aliphatic carbocycles. The number of hydrogen-bond donors (Lipinski definition) is 4. The molecule has 21 heteroatoms. The van der Waals surface area contributed by atoms with Crippen molar-refractivity contribution in [3.8, 4) is 29.3 Å². The van der Waals surface area contributed by atoms with Crippen molar-refractivity contribution >= 4 is 46.2 Å². The van der Waals surface area contributed by atoms with Crippen LogP contribution in [0.2, 0.25) is 0 Å². The van der Waals surface area contributed by atoms with Gasteiger partial charge in [-0.25, -0.2) is 9.36 Å². The fourth-order valence-corrected chi connectivity index (χ4v) is 5.53. The zero-order valence-corrected chi connectivity index (χ0v) is 30.0. The standard InChI is InChI=1S/C35H32N16O5/c1-19-16-48(29(36)27(19)43-45-31-23(25(54)17-52)14-38-49(31)21-10-6-4-7-11-21)33-40-34(42-35(41-33)56-3)51-30(37)28(20(2)47-51)44-46-32-24(26(55)18-53)15-39-50(32)22-12-8-5-9-13-22/h4-16,52-53H,17-18,36-37H2,1-3H3/b45-43+,46-44+. The Morgan fingerprint density at radius 1 is 0.696 bits per heavy atom. The van der Waals surface area contributed by atoms with E-state index < -0.39 is 24.8 Å². The number of aromatic nitrogens is 10. The third-order valence-corrected chi connectivity index (χ3v) is 8.31. The first kappa shape index (κ1) is 36.6. The lowest BCUT2D eigenvalue weighted by Crippen LogP contribution is -2.13. The van der Waals surface area contributed by atoms with Gasteiger partial charge in [0.25, 0.3) is 5.95 Å². The molecule has 21 nitrogen and oxygen atoms in total. The lowest BCUT2D eigenvalue weighted by Gasteiger charge is -2.09. The molecule has 6 N–H and O–H groups in total. The number of carbonyl (C=O) groups is 2. The third-order valence-electron chi connectivity index (χ3n) is 8.31. The lowest BCUT2D eigenvalue weighted by molar-refractivity contribution is 0.0898. The molecule has 0 saturated heterocycles. The zero-order valence-electron chi connectivity index (χ0n) is 30.0. The van der Waals surface area contributed by atoms with E-state index in [0.29, 0.717) is 22.6 Å². The molecule has 0 unspecified atom stereocenters. The fourth-order valence-electron chi connectivity index (χ4n) is 5.53. The van der Waals surface area contributed by atoms with Gasteiger partial charge >= 0.3 is 6.01 Å². The second kappa shape index (κ2) is 15.3. The van der Waals surface area contributed by atoms with Gasteiger partial charge in [-0.3, -0.25) is 14.2 Å². The highest BCUT2D eigenvalue weighted by atomic mass is 16.5. The van der Waals surface area contributed by atoms with Crippen molar-refractivity contribution in [1.29, 1.82) is 0 Å². The number of aliphatic hydroxyl groups excluding tert-OH is 2. The smallest absolute Gasteiger partial charge is 0.322 e. The van der Waals surface area contributed by atoms with Crippen LogP contribution in [-0.4, -0.2) is 91.0 Å². The molecule has 0 amide bonds. The number of aryl methyl sites for hydroxylation is 2. The molecule has 0 bridgehead atoms. The molecular weight excluding hydrogens is 724 g/mol. The van der Waals surface area contributed by atoms with E-state index >= 15 is 0 Å². The van der Waals surface area contributed by atoms with Gasteiger partial charge < -0.3 is 26.4 Å². The summed E-state index contributed by atoms with van der Waals surface area (Å²) in [6, 6.07) is 17.8. The van der Waals surface area contributed by atoms with E-state index in [9.17, 15) is 19.8 Å². The number of para-hydroxylation sites is 2. The minimum absolute atomic E-state index is 0.00836. The quantitative estimate of drug-likeness (QED) is 0.0950. The van der Waals surface area contributed by atoms with Crippen LogP contribution >= 0.6 is 0 Å². The van der Waals surface area contributed by atoms with Crippen molar-refractivity contribution in [2.24, 2.45) is 20.5 Å². The van der Waals surface area contributed by atoms with Crippen molar-refractivity contribution in [1.82, 2.24) is 48.9 Å². The number of azo groups is 2. The number of carbonyl (C=O) groups excluding carboxylic acids is 2. The number of nitrogens with two attached hydrogens (primary N) is 2. The summed E-state index contributed by atoms with van der Waals surface area (Å²) in [7, 11) is 1.37. The summed E-state index contributed by atoms with van der Waals surface area (Å²) in [6.07, 6.45) is 4.23. The minimum Gasteiger partial charge on any atom is -0.467 e. The molecule has 0 saturated carbocycles.